The Morgan fingerprint density at radius 1 is 1.00 bits per heavy atom. The lowest BCUT2D eigenvalue weighted by atomic mass is 10.1. The summed E-state index contributed by atoms with van der Waals surface area (Å²) in [5.74, 6) is 1.13. The highest BCUT2D eigenvalue weighted by Crippen LogP contribution is 2.35. The van der Waals surface area contributed by atoms with Gasteiger partial charge in [-0.3, -0.25) is 4.98 Å². The Balaban J connectivity index is 1.73. The van der Waals surface area contributed by atoms with Crippen molar-refractivity contribution in [3.63, 3.8) is 0 Å². The molecule has 4 aromatic rings. The van der Waals surface area contributed by atoms with Gasteiger partial charge in [0.25, 0.3) is 0 Å². The summed E-state index contributed by atoms with van der Waals surface area (Å²) in [7, 11) is 1.63. The number of rotatable bonds is 10. The Labute approximate surface area is 201 Å². The van der Waals surface area contributed by atoms with Crippen molar-refractivity contribution in [2.24, 2.45) is 0 Å². The molecule has 3 heterocycles. The molecule has 0 fully saturated rings. The molecule has 0 aliphatic carbocycles. The first-order valence-corrected chi connectivity index (χ1v) is 11.6. The predicted octanol–water partition coefficient (Wildman–Crippen LogP) is 5.22. The van der Waals surface area contributed by atoms with Crippen LogP contribution >= 0.6 is 22.9 Å². The highest BCUT2D eigenvalue weighted by Gasteiger charge is 2.15. The van der Waals surface area contributed by atoms with Gasteiger partial charge in [-0.25, -0.2) is 19.9 Å². The number of nitrogens with zero attached hydrogens (tertiary/aromatic N) is 5. The first-order chi connectivity index (χ1) is 16.2. The number of nitrogens with one attached hydrogen (secondary N) is 1. The molecule has 4 rings (SSSR count). The van der Waals surface area contributed by atoms with Crippen LogP contribution < -0.4 is 10.1 Å². The maximum atomic E-state index is 6.62. The van der Waals surface area contributed by atoms with E-state index >= 15 is 0 Å². The second-order valence-corrected chi connectivity index (χ2v) is 8.43. The van der Waals surface area contributed by atoms with Gasteiger partial charge >= 0.3 is 0 Å². The molecule has 0 aliphatic heterocycles. The molecule has 0 saturated carbocycles. The van der Waals surface area contributed by atoms with Crippen LogP contribution in [0.5, 0.6) is 5.75 Å². The molecular weight excluding hydrogens is 460 g/mol. The highest BCUT2D eigenvalue weighted by atomic mass is 35.5. The van der Waals surface area contributed by atoms with Crippen LogP contribution in [0, 0.1) is 0 Å². The van der Waals surface area contributed by atoms with Gasteiger partial charge in [0.05, 0.1) is 34.1 Å². The van der Waals surface area contributed by atoms with Crippen LogP contribution in [0.1, 0.15) is 13.3 Å². The van der Waals surface area contributed by atoms with Crippen LogP contribution in [0.4, 0.5) is 5.13 Å². The fourth-order valence-electron chi connectivity index (χ4n) is 2.98. The molecule has 0 saturated heterocycles. The first-order valence-electron chi connectivity index (χ1n) is 10.4. The summed E-state index contributed by atoms with van der Waals surface area (Å²) in [6.07, 6.45) is 7.70. The second-order valence-electron chi connectivity index (χ2n) is 6.99. The largest absolute Gasteiger partial charge is 0.491 e. The number of aromatic nitrogens is 5. The fourth-order valence-corrected chi connectivity index (χ4v) is 4.05. The number of ether oxygens (including phenoxy) is 2. The molecule has 1 aromatic carbocycles. The van der Waals surface area contributed by atoms with Crippen molar-refractivity contribution in [1.29, 1.82) is 0 Å². The van der Waals surface area contributed by atoms with Gasteiger partial charge in [0.1, 0.15) is 18.1 Å². The molecule has 0 aliphatic rings. The molecule has 0 unspecified atom stereocenters. The van der Waals surface area contributed by atoms with Crippen LogP contribution in [0.25, 0.3) is 33.3 Å². The van der Waals surface area contributed by atoms with E-state index in [1.807, 2.05) is 24.4 Å². The summed E-state index contributed by atoms with van der Waals surface area (Å²) in [6.45, 7) is 3.92. The van der Waals surface area contributed by atoms with Crippen LogP contribution in [-0.2, 0) is 4.74 Å². The molecule has 3 aromatic heterocycles. The predicted molar refractivity (Wildman–Crippen MR) is 131 cm³/mol. The Hall–Kier alpha value is -3.14. The van der Waals surface area contributed by atoms with Crippen molar-refractivity contribution in [1.82, 2.24) is 24.9 Å². The topological polar surface area (TPSA) is 94.9 Å². The van der Waals surface area contributed by atoms with Gasteiger partial charge in [-0.1, -0.05) is 29.9 Å². The zero-order valence-electron chi connectivity index (χ0n) is 18.3. The van der Waals surface area contributed by atoms with E-state index in [0.717, 1.165) is 34.2 Å². The lowest BCUT2D eigenvalue weighted by molar-refractivity contribution is 0.146. The van der Waals surface area contributed by atoms with Gasteiger partial charge in [0.2, 0.25) is 0 Å². The smallest absolute Gasteiger partial charge is 0.183 e. The minimum Gasteiger partial charge on any atom is -0.491 e. The van der Waals surface area contributed by atoms with Crippen LogP contribution in [0.15, 0.2) is 49.1 Å². The van der Waals surface area contributed by atoms with E-state index < -0.39 is 0 Å². The SMILES string of the molecule is CCCNc1ncc(-c2cc(-c3ccc(OCCOC)cc3Cl)nc(-c3cnccn3)n2)s1. The summed E-state index contributed by atoms with van der Waals surface area (Å²) < 4.78 is 10.7. The van der Waals surface area contributed by atoms with E-state index in [2.05, 4.69) is 27.2 Å². The molecule has 33 heavy (non-hydrogen) atoms. The van der Waals surface area contributed by atoms with Crippen molar-refractivity contribution in [2.75, 3.05) is 32.2 Å². The van der Waals surface area contributed by atoms with E-state index in [9.17, 15) is 0 Å². The van der Waals surface area contributed by atoms with Crippen molar-refractivity contribution in [2.45, 2.75) is 13.3 Å². The average Bonchev–Trinajstić information content (AvgIpc) is 3.32. The normalized spacial score (nSPS) is 10.9. The van der Waals surface area contributed by atoms with E-state index in [4.69, 9.17) is 31.0 Å². The number of methoxy groups -OCH3 is 1. The summed E-state index contributed by atoms with van der Waals surface area (Å²) in [5, 5.41) is 4.68. The Bertz CT molecular complexity index is 1200. The van der Waals surface area contributed by atoms with E-state index in [-0.39, 0.29) is 0 Å². The number of benzene rings is 1. The summed E-state index contributed by atoms with van der Waals surface area (Å²) in [6, 6.07) is 7.43. The van der Waals surface area contributed by atoms with Gasteiger partial charge in [0.15, 0.2) is 11.0 Å². The third-order valence-electron chi connectivity index (χ3n) is 4.58. The van der Waals surface area contributed by atoms with Crippen molar-refractivity contribution in [3.8, 4) is 39.1 Å². The molecule has 1 N–H and O–H groups in total. The summed E-state index contributed by atoms with van der Waals surface area (Å²) in [5.41, 5.74) is 2.74. The molecule has 0 bridgehead atoms. The summed E-state index contributed by atoms with van der Waals surface area (Å²) >= 11 is 8.15. The third kappa shape index (κ3) is 5.81. The number of thiazole rings is 1. The maximum absolute atomic E-state index is 6.62. The van der Waals surface area contributed by atoms with Crippen molar-refractivity contribution >= 4 is 28.1 Å². The average molecular weight is 483 g/mol. The number of hydrogen-bond acceptors (Lipinski definition) is 9. The molecular formula is C23H23ClN6O2S. The van der Waals surface area contributed by atoms with Crippen LogP contribution in [0.3, 0.4) is 0 Å². The minimum absolute atomic E-state index is 0.445. The van der Waals surface area contributed by atoms with Gasteiger partial charge in [0, 0.05) is 37.8 Å². The van der Waals surface area contributed by atoms with Crippen molar-refractivity contribution in [3.05, 3.63) is 54.1 Å². The van der Waals surface area contributed by atoms with E-state index in [0.29, 0.717) is 41.2 Å². The number of anilines is 1. The van der Waals surface area contributed by atoms with Gasteiger partial charge in [-0.2, -0.15) is 0 Å². The Morgan fingerprint density at radius 2 is 1.88 bits per heavy atom. The molecule has 8 nitrogen and oxygen atoms in total. The van der Waals surface area contributed by atoms with Crippen LogP contribution in [-0.4, -0.2) is 51.8 Å². The molecule has 0 amide bonds. The first kappa shape index (κ1) is 23.0. The second kappa shape index (κ2) is 11.1. The van der Waals surface area contributed by atoms with Crippen LogP contribution in [0.2, 0.25) is 5.02 Å². The van der Waals surface area contributed by atoms with Crippen molar-refractivity contribution < 1.29 is 9.47 Å². The minimum atomic E-state index is 0.445. The Kier molecular flexibility index (Phi) is 7.77. The lowest BCUT2D eigenvalue weighted by Crippen LogP contribution is -2.04. The zero-order valence-corrected chi connectivity index (χ0v) is 19.9. The molecule has 0 radical (unpaired) electrons. The molecule has 10 heteroatoms. The van der Waals surface area contributed by atoms with E-state index in [1.165, 1.54) is 11.3 Å². The highest BCUT2D eigenvalue weighted by molar-refractivity contribution is 7.18. The quantitative estimate of drug-likeness (QED) is 0.307. The lowest BCUT2D eigenvalue weighted by Gasteiger charge is -2.11. The Morgan fingerprint density at radius 3 is 2.64 bits per heavy atom. The standard InChI is InChI=1S/C23H23ClN6O2S/c1-3-6-27-23-28-14-21(33-23)19-12-18(29-22(30-19)20-13-25-7-8-26-20)16-5-4-15(11-17(16)24)32-10-9-31-2/h4-5,7-8,11-14H,3,6,9-10H2,1-2H3,(H,27,28). The monoisotopic (exact) mass is 482 g/mol. The zero-order chi connectivity index (χ0) is 23.0. The molecule has 0 atom stereocenters. The van der Waals surface area contributed by atoms with E-state index in [1.54, 1.807) is 31.8 Å². The summed E-state index contributed by atoms with van der Waals surface area (Å²) in [4.78, 5) is 23.4. The maximum Gasteiger partial charge on any atom is 0.183 e. The molecule has 170 valence electrons. The number of hydrogen-bond donors (Lipinski definition) is 1. The fraction of sp³-hybridized carbons (Fsp3) is 0.261. The van der Waals surface area contributed by atoms with Gasteiger partial charge in [-0.05, 0) is 30.7 Å². The van der Waals surface area contributed by atoms with Gasteiger partial charge in [-0.15, -0.1) is 0 Å². The third-order valence-corrected chi connectivity index (χ3v) is 5.87. The number of halogens is 1. The van der Waals surface area contributed by atoms with Gasteiger partial charge < -0.3 is 14.8 Å². The molecule has 0 spiro atoms.